The molecule has 1 aliphatic heterocycles. The number of carbonyl (C=O) groups is 1. The second-order valence-electron chi connectivity index (χ2n) is 4.61. The van der Waals surface area contributed by atoms with Crippen LogP contribution in [-0.4, -0.2) is 35.2 Å². The van der Waals surface area contributed by atoms with Gasteiger partial charge in [0.05, 0.1) is 10.7 Å². The van der Waals surface area contributed by atoms with E-state index in [2.05, 4.69) is 5.32 Å². The summed E-state index contributed by atoms with van der Waals surface area (Å²) in [6.07, 6.45) is 0.768. The summed E-state index contributed by atoms with van der Waals surface area (Å²) in [5.41, 5.74) is 1.93. The molecule has 3 nitrogen and oxygen atoms in total. The van der Waals surface area contributed by atoms with Gasteiger partial charge in [-0.05, 0) is 42.5 Å². The summed E-state index contributed by atoms with van der Waals surface area (Å²) in [4.78, 5) is 11.8. The van der Waals surface area contributed by atoms with Gasteiger partial charge in [-0.25, -0.2) is 0 Å². The highest BCUT2D eigenvalue weighted by molar-refractivity contribution is 8.16. The zero-order valence-corrected chi connectivity index (χ0v) is 12.6. The molecule has 1 aliphatic rings. The van der Waals surface area contributed by atoms with E-state index in [-0.39, 0.29) is 12.5 Å². The minimum atomic E-state index is -0.515. The maximum atomic E-state index is 11.8. The lowest BCUT2D eigenvalue weighted by Gasteiger charge is -2.21. The van der Waals surface area contributed by atoms with Gasteiger partial charge in [-0.3, -0.25) is 4.79 Å². The molecular formula is C14H19NO2S2. The molecule has 0 saturated carbocycles. The second kappa shape index (κ2) is 7.22. The van der Waals surface area contributed by atoms with Gasteiger partial charge < -0.3 is 10.4 Å². The van der Waals surface area contributed by atoms with E-state index >= 15 is 0 Å². The van der Waals surface area contributed by atoms with E-state index in [9.17, 15) is 4.79 Å². The van der Waals surface area contributed by atoms with Crippen molar-refractivity contribution < 1.29 is 9.90 Å². The Morgan fingerprint density at radius 2 is 2.00 bits per heavy atom. The maximum Gasteiger partial charge on any atom is 0.251 e. The molecule has 5 heteroatoms. The molecule has 1 aromatic carbocycles. The van der Waals surface area contributed by atoms with E-state index in [0.717, 1.165) is 0 Å². The van der Waals surface area contributed by atoms with Gasteiger partial charge in [-0.1, -0.05) is 12.1 Å². The van der Waals surface area contributed by atoms with Gasteiger partial charge in [0.1, 0.15) is 0 Å². The molecule has 1 heterocycles. The normalized spacial score (nSPS) is 18.0. The third kappa shape index (κ3) is 4.44. The first-order chi connectivity index (χ1) is 9.16. The van der Waals surface area contributed by atoms with Crippen LogP contribution >= 0.6 is 23.5 Å². The summed E-state index contributed by atoms with van der Waals surface area (Å²) in [5.74, 6) is 2.30. The van der Waals surface area contributed by atoms with Gasteiger partial charge in [0.15, 0.2) is 0 Å². The number of rotatable bonds is 4. The topological polar surface area (TPSA) is 49.3 Å². The number of thioether (sulfide) groups is 2. The van der Waals surface area contributed by atoms with Gasteiger partial charge >= 0.3 is 0 Å². The molecule has 104 valence electrons. The summed E-state index contributed by atoms with van der Waals surface area (Å²) in [6.45, 7) is 1.94. The van der Waals surface area contributed by atoms with Crippen molar-refractivity contribution in [3.8, 4) is 0 Å². The molecule has 2 N–H and O–H groups in total. The molecule has 0 bridgehead atoms. The van der Waals surface area contributed by atoms with E-state index in [0.29, 0.717) is 10.1 Å². The average molecular weight is 297 g/mol. The van der Waals surface area contributed by atoms with Crippen molar-refractivity contribution in [1.29, 1.82) is 0 Å². The van der Waals surface area contributed by atoms with Gasteiger partial charge in [0, 0.05) is 12.1 Å². The molecule has 2 rings (SSSR count). The number of aliphatic hydroxyl groups is 1. The van der Waals surface area contributed by atoms with Crippen molar-refractivity contribution in [3.05, 3.63) is 35.4 Å². The van der Waals surface area contributed by atoms with E-state index in [4.69, 9.17) is 5.11 Å². The van der Waals surface area contributed by atoms with Crippen LogP contribution in [0.4, 0.5) is 0 Å². The Kier molecular flexibility index (Phi) is 5.60. The van der Waals surface area contributed by atoms with Gasteiger partial charge in [0.2, 0.25) is 0 Å². The van der Waals surface area contributed by atoms with Crippen LogP contribution in [0.5, 0.6) is 0 Å². The van der Waals surface area contributed by atoms with Gasteiger partial charge in [0.25, 0.3) is 5.91 Å². The Morgan fingerprint density at radius 3 is 2.58 bits per heavy atom. The van der Waals surface area contributed by atoms with Crippen LogP contribution in [0, 0.1) is 0 Å². The van der Waals surface area contributed by atoms with E-state index in [1.54, 1.807) is 6.92 Å². The predicted octanol–water partition coefficient (Wildman–Crippen LogP) is 2.67. The number of carbonyl (C=O) groups excluding carboxylic acids is 1. The standard InChI is InChI=1S/C14H19NO2S2/c1-10(16)9-15-13(17)11-3-5-12(6-4-11)14-18-7-2-8-19-14/h3-6,10,14,16H,2,7-9H2,1H3,(H,15,17). The van der Waals surface area contributed by atoms with E-state index in [1.165, 1.54) is 23.5 Å². The van der Waals surface area contributed by atoms with Crippen molar-refractivity contribution in [2.24, 2.45) is 0 Å². The van der Waals surface area contributed by atoms with Crippen LogP contribution in [-0.2, 0) is 0 Å². The van der Waals surface area contributed by atoms with Crippen molar-refractivity contribution in [2.75, 3.05) is 18.1 Å². The number of aliphatic hydroxyl groups excluding tert-OH is 1. The molecule has 1 unspecified atom stereocenters. The lowest BCUT2D eigenvalue weighted by molar-refractivity contribution is 0.0924. The zero-order valence-electron chi connectivity index (χ0n) is 11.0. The molecule has 0 aromatic heterocycles. The molecule has 0 radical (unpaired) electrons. The van der Waals surface area contributed by atoms with Crippen LogP contribution in [0.1, 0.15) is 33.8 Å². The first kappa shape index (κ1) is 14.8. The van der Waals surface area contributed by atoms with Crippen molar-refractivity contribution >= 4 is 29.4 Å². The predicted molar refractivity (Wildman–Crippen MR) is 82.7 cm³/mol. The van der Waals surface area contributed by atoms with Crippen LogP contribution in [0.3, 0.4) is 0 Å². The third-order valence-electron chi connectivity index (χ3n) is 2.83. The quantitative estimate of drug-likeness (QED) is 0.897. The summed E-state index contributed by atoms with van der Waals surface area (Å²) in [7, 11) is 0. The largest absolute Gasteiger partial charge is 0.392 e. The zero-order chi connectivity index (χ0) is 13.7. The average Bonchev–Trinajstić information content (AvgIpc) is 2.46. The summed E-state index contributed by atoms with van der Waals surface area (Å²) in [6, 6.07) is 7.80. The Hall–Kier alpha value is -0.650. The van der Waals surface area contributed by atoms with Gasteiger partial charge in [-0.2, -0.15) is 0 Å². The molecule has 0 aliphatic carbocycles. The SMILES string of the molecule is CC(O)CNC(=O)c1ccc(C2SCCCS2)cc1. The molecule has 1 aromatic rings. The smallest absolute Gasteiger partial charge is 0.251 e. The van der Waals surface area contributed by atoms with Crippen LogP contribution in [0.2, 0.25) is 0 Å². The Balaban J connectivity index is 1.95. The van der Waals surface area contributed by atoms with Crippen molar-refractivity contribution in [1.82, 2.24) is 5.32 Å². The Labute approximate surface area is 122 Å². The lowest BCUT2D eigenvalue weighted by Crippen LogP contribution is -2.30. The summed E-state index contributed by atoms with van der Waals surface area (Å²) < 4.78 is 0.503. The number of nitrogens with one attached hydrogen (secondary N) is 1. The number of hydrogen-bond donors (Lipinski definition) is 2. The monoisotopic (exact) mass is 297 g/mol. The second-order valence-corrected chi connectivity index (χ2v) is 7.33. The summed E-state index contributed by atoms with van der Waals surface area (Å²) >= 11 is 3.95. The van der Waals surface area contributed by atoms with Crippen molar-refractivity contribution in [2.45, 2.75) is 24.0 Å². The third-order valence-corrected chi connectivity index (χ3v) is 5.85. The number of amides is 1. The first-order valence-electron chi connectivity index (χ1n) is 6.46. The number of hydrogen-bond acceptors (Lipinski definition) is 4. The van der Waals surface area contributed by atoms with Crippen LogP contribution < -0.4 is 5.32 Å². The summed E-state index contributed by atoms with van der Waals surface area (Å²) in [5, 5.41) is 11.8. The first-order valence-corrected chi connectivity index (χ1v) is 8.56. The molecular weight excluding hydrogens is 278 g/mol. The highest BCUT2D eigenvalue weighted by atomic mass is 32.2. The fraction of sp³-hybridized carbons (Fsp3) is 0.500. The van der Waals surface area contributed by atoms with Gasteiger partial charge in [-0.15, -0.1) is 23.5 Å². The van der Waals surface area contributed by atoms with E-state index in [1.807, 2.05) is 47.8 Å². The molecule has 19 heavy (non-hydrogen) atoms. The maximum absolute atomic E-state index is 11.8. The lowest BCUT2D eigenvalue weighted by atomic mass is 10.1. The highest BCUT2D eigenvalue weighted by Gasteiger charge is 2.16. The van der Waals surface area contributed by atoms with Crippen molar-refractivity contribution in [3.63, 3.8) is 0 Å². The minimum Gasteiger partial charge on any atom is -0.392 e. The fourth-order valence-corrected chi connectivity index (χ4v) is 4.71. The van der Waals surface area contributed by atoms with Crippen LogP contribution in [0.25, 0.3) is 0 Å². The molecule has 1 saturated heterocycles. The molecule has 1 fully saturated rings. The number of benzene rings is 1. The highest BCUT2D eigenvalue weighted by Crippen LogP contribution is 2.43. The molecule has 1 amide bonds. The Morgan fingerprint density at radius 1 is 1.37 bits per heavy atom. The minimum absolute atomic E-state index is 0.128. The molecule has 0 spiro atoms. The van der Waals surface area contributed by atoms with Crippen LogP contribution in [0.15, 0.2) is 24.3 Å². The van der Waals surface area contributed by atoms with E-state index < -0.39 is 6.10 Å². The fourth-order valence-electron chi connectivity index (χ4n) is 1.81. The molecule has 1 atom stereocenters. The Bertz CT molecular complexity index is 414.